The molecule has 0 atom stereocenters. The van der Waals surface area contributed by atoms with Gasteiger partial charge in [-0.15, -0.1) is 0 Å². The highest BCUT2D eigenvalue weighted by molar-refractivity contribution is 7.80. The molecular weight excluding hydrogens is 246 g/mol. The average Bonchev–Trinajstić information content (AvgIpc) is 2.80. The normalized spacial score (nSPS) is 16.2. The number of nitrogens with two attached hydrogens (primary N) is 1. The molecule has 1 rings (SSSR count). The van der Waals surface area contributed by atoms with Gasteiger partial charge in [0.05, 0.1) is 4.99 Å². The summed E-state index contributed by atoms with van der Waals surface area (Å²) in [7, 11) is 3.60. The maximum atomic E-state index is 11.5. The number of hydrogen-bond acceptors (Lipinski definition) is 3. The van der Waals surface area contributed by atoms with Crippen molar-refractivity contribution in [3.8, 4) is 0 Å². The summed E-state index contributed by atoms with van der Waals surface area (Å²) in [4.78, 5) is 16.1. The number of carbonyl (C=O) groups is 1. The van der Waals surface area contributed by atoms with Gasteiger partial charge in [0, 0.05) is 33.1 Å². The van der Waals surface area contributed by atoms with E-state index in [1.165, 1.54) is 25.7 Å². The summed E-state index contributed by atoms with van der Waals surface area (Å²) in [6.45, 7) is 1.61. The lowest BCUT2D eigenvalue weighted by atomic mass is 10.2. The molecule has 0 aromatic rings. The zero-order valence-electron chi connectivity index (χ0n) is 11.5. The topological polar surface area (TPSA) is 49.6 Å². The SMILES string of the molecule is CN(C)C(=O)CCCN(CC(N)=S)C1CCCC1. The van der Waals surface area contributed by atoms with Crippen molar-refractivity contribution in [2.75, 3.05) is 27.2 Å². The Labute approximate surface area is 115 Å². The lowest BCUT2D eigenvalue weighted by Gasteiger charge is -2.28. The summed E-state index contributed by atoms with van der Waals surface area (Å²) in [5.74, 6) is 0.191. The van der Waals surface area contributed by atoms with Crippen LogP contribution in [0.2, 0.25) is 0 Å². The largest absolute Gasteiger partial charge is 0.392 e. The predicted molar refractivity (Wildman–Crippen MR) is 78.5 cm³/mol. The minimum absolute atomic E-state index is 0.191. The van der Waals surface area contributed by atoms with E-state index in [1.54, 1.807) is 19.0 Å². The van der Waals surface area contributed by atoms with Gasteiger partial charge in [0.25, 0.3) is 0 Å². The van der Waals surface area contributed by atoms with E-state index in [1.807, 2.05) is 0 Å². The minimum Gasteiger partial charge on any atom is -0.392 e. The third-order valence-corrected chi connectivity index (χ3v) is 3.66. The Morgan fingerprint density at radius 3 is 2.44 bits per heavy atom. The lowest BCUT2D eigenvalue weighted by molar-refractivity contribution is -0.128. The first-order valence-corrected chi connectivity index (χ1v) is 7.14. The van der Waals surface area contributed by atoms with E-state index < -0.39 is 0 Å². The molecule has 1 amide bonds. The van der Waals surface area contributed by atoms with Gasteiger partial charge >= 0.3 is 0 Å². The molecule has 18 heavy (non-hydrogen) atoms. The van der Waals surface area contributed by atoms with Gasteiger partial charge in [-0.05, 0) is 25.8 Å². The molecule has 0 saturated heterocycles. The molecule has 1 fully saturated rings. The van der Waals surface area contributed by atoms with E-state index in [9.17, 15) is 4.79 Å². The molecule has 0 spiro atoms. The Balaban J connectivity index is 2.36. The van der Waals surface area contributed by atoms with E-state index in [0.717, 1.165) is 13.0 Å². The van der Waals surface area contributed by atoms with Crippen LogP contribution in [0.1, 0.15) is 38.5 Å². The fourth-order valence-corrected chi connectivity index (χ4v) is 2.68. The lowest BCUT2D eigenvalue weighted by Crippen LogP contribution is -2.40. The molecule has 1 aliphatic rings. The summed E-state index contributed by atoms with van der Waals surface area (Å²) in [5.41, 5.74) is 5.66. The van der Waals surface area contributed by atoms with Crippen LogP contribution < -0.4 is 5.73 Å². The maximum Gasteiger partial charge on any atom is 0.222 e. The van der Waals surface area contributed by atoms with Gasteiger partial charge in [-0.3, -0.25) is 9.69 Å². The Morgan fingerprint density at radius 2 is 1.94 bits per heavy atom. The van der Waals surface area contributed by atoms with Gasteiger partial charge in [-0.1, -0.05) is 25.1 Å². The minimum atomic E-state index is 0.191. The van der Waals surface area contributed by atoms with Crippen molar-refractivity contribution in [3.05, 3.63) is 0 Å². The van der Waals surface area contributed by atoms with Crippen LogP contribution in [0.15, 0.2) is 0 Å². The summed E-state index contributed by atoms with van der Waals surface area (Å²) in [6, 6.07) is 0.612. The molecular formula is C13H25N3OS. The molecule has 0 bridgehead atoms. The van der Waals surface area contributed by atoms with E-state index in [0.29, 0.717) is 24.0 Å². The van der Waals surface area contributed by atoms with Crippen molar-refractivity contribution in [2.45, 2.75) is 44.6 Å². The van der Waals surface area contributed by atoms with Crippen molar-refractivity contribution in [3.63, 3.8) is 0 Å². The number of carbonyl (C=O) groups excluding carboxylic acids is 1. The monoisotopic (exact) mass is 271 g/mol. The van der Waals surface area contributed by atoms with Crippen LogP contribution in [0.25, 0.3) is 0 Å². The molecule has 4 nitrogen and oxygen atoms in total. The second kappa shape index (κ2) is 7.69. The van der Waals surface area contributed by atoms with Crippen LogP contribution in [0.4, 0.5) is 0 Å². The van der Waals surface area contributed by atoms with Crippen molar-refractivity contribution in [2.24, 2.45) is 5.73 Å². The molecule has 0 aliphatic heterocycles. The van der Waals surface area contributed by atoms with Crippen LogP contribution in [-0.4, -0.2) is 53.9 Å². The highest BCUT2D eigenvalue weighted by atomic mass is 32.1. The van der Waals surface area contributed by atoms with Crippen LogP contribution in [0.3, 0.4) is 0 Å². The molecule has 1 saturated carbocycles. The molecule has 0 aromatic carbocycles. The second-order valence-electron chi connectivity index (χ2n) is 5.27. The van der Waals surface area contributed by atoms with Gasteiger partial charge in [-0.2, -0.15) is 0 Å². The van der Waals surface area contributed by atoms with Crippen LogP contribution in [0, 0.1) is 0 Å². The first-order chi connectivity index (χ1) is 8.50. The predicted octanol–water partition coefficient (Wildman–Crippen LogP) is 1.39. The number of thiocarbonyl (C=S) groups is 1. The molecule has 2 N–H and O–H groups in total. The molecule has 0 radical (unpaired) electrons. The first-order valence-electron chi connectivity index (χ1n) is 6.73. The van der Waals surface area contributed by atoms with E-state index in [4.69, 9.17) is 18.0 Å². The van der Waals surface area contributed by atoms with Crippen LogP contribution >= 0.6 is 12.2 Å². The summed E-state index contributed by atoms with van der Waals surface area (Å²) in [6.07, 6.45) is 6.57. The number of amides is 1. The Hall–Kier alpha value is -0.680. The number of hydrogen-bond donors (Lipinski definition) is 1. The number of rotatable bonds is 7. The van der Waals surface area contributed by atoms with E-state index >= 15 is 0 Å². The van der Waals surface area contributed by atoms with Crippen molar-refractivity contribution in [1.29, 1.82) is 0 Å². The molecule has 104 valence electrons. The molecule has 0 aromatic heterocycles. The average molecular weight is 271 g/mol. The van der Waals surface area contributed by atoms with Crippen molar-refractivity contribution < 1.29 is 4.79 Å². The van der Waals surface area contributed by atoms with Gasteiger partial charge in [-0.25, -0.2) is 0 Å². The van der Waals surface area contributed by atoms with Crippen molar-refractivity contribution >= 4 is 23.1 Å². The molecule has 0 heterocycles. The Bertz CT molecular complexity index is 288. The fourth-order valence-electron chi connectivity index (χ4n) is 2.52. The van der Waals surface area contributed by atoms with Crippen molar-refractivity contribution in [1.82, 2.24) is 9.80 Å². The highest BCUT2D eigenvalue weighted by Crippen LogP contribution is 2.23. The molecule has 1 aliphatic carbocycles. The molecule has 0 unspecified atom stereocenters. The van der Waals surface area contributed by atoms with Gasteiger partial charge in [0.1, 0.15) is 0 Å². The quantitative estimate of drug-likeness (QED) is 0.711. The van der Waals surface area contributed by atoms with E-state index in [2.05, 4.69) is 4.90 Å². The fraction of sp³-hybridized carbons (Fsp3) is 0.846. The standard InChI is InChI=1S/C13H25N3OS/c1-15(2)13(17)8-5-9-16(10-12(14)18)11-6-3-4-7-11/h11H,3-10H2,1-2H3,(H2,14,18). The Morgan fingerprint density at radius 1 is 1.33 bits per heavy atom. The van der Waals surface area contributed by atoms with Gasteiger partial charge in [0.15, 0.2) is 0 Å². The van der Waals surface area contributed by atoms with Crippen LogP contribution in [-0.2, 0) is 4.79 Å². The van der Waals surface area contributed by atoms with E-state index in [-0.39, 0.29) is 5.91 Å². The van der Waals surface area contributed by atoms with Gasteiger partial charge in [0.2, 0.25) is 5.91 Å². The highest BCUT2D eigenvalue weighted by Gasteiger charge is 2.22. The first kappa shape index (κ1) is 15.4. The Kier molecular flexibility index (Phi) is 6.57. The summed E-state index contributed by atoms with van der Waals surface area (Å²) in [5, 5.41) is 0. The smallest absolute Gasteiger partial charge is 0.222 e. The zero-order chi connectivity index (χ0) is 13.5. The third kappa shape index (κ3) is 5.31. The second-order valence-corrected chi connectivity index (χ2v) is 5.79. The summed E-state index contributed by atoms with van der Waals surface area (Å²) >= 11 is 5.01. The van der Waals surface area contributed by atoms with Crippen LogP contribution in [0.5, 0.6) is 0 Å². The summed E-state index contributed by atoms with van der Waals surface area (Å²) < 4.78 is 0. The third-order valence-electron chi connectivity index (χ3n) is 3.53. The maximum absolute atomic E-state index is 11.5. The van der Waals surface area contributed by atoms with Gasteiger partial charge < -0.3 is 10.6 Å². The zero-order valence-corrected chi connectivity index (χ0v) is 12.3. The molecule has 5 heteroatoms. The number of nitrogens with zero attached hydrogens (tertiary/aromatic N) is 2.